The van der Waals surface area contributed by atoms with Crippen molar-refractivity contribution in [3.05, 3.63) is 23.0 Å². The predicted octanol–water partition coefficient (Wildman–Crippen LogP) is 2.75. The Balaban J connectivity index is 3.11. The molecule has 0 amide bonds. The molecule has 0 radical (unpaired) electrons. The summed E-state index contributed by atoms with van der Waals surface area (Å²) < 4.78 is 38.0. The van der Waals surface area contributed by atoms with E-state index < -0.39 is 24.5 Å². The van der Waals surface area contributed by atoms with Crippen molar-refractivity contribution in [2.24, 2.45) is 0 Å². The Morgan fingerprint density at radius 2 is 2.06 bits per heavy atom. The SMILES string of the molecule is Cc1cc(C(CC(=O)O)C(F)(F)F)c(C)[nH]1. The first-order chi connectivity index (χ1) is 7.21. The Kier molecular flexibility index (Phi) is 3.30. The van der Waals surface area contributed by atoms with Gasteiger partial charge in [-0.1, -0.05) is 0 Å². The van der Waals surface area contributed by atoms with Gasteiger partial charge in [0, 0.05) is 11.4 Å². The minimum absolute atomic E-state index is 0.00685. The first kappa shape index (κ1) is 12.6. The van der Waals surface area contributed by atoms with E-state index >= 15 is 0 Å². The molecule has 0 saturated carbocycles. The second-order valence-electron chi connectivity index (χ2n) is 3.72. The number of carboxylic acids is 1. The van der Waals surface area contributed by atoms with Crippen LogP contribution in [0.3, 0.4) is 0 Å². The summed E-state index contributed by atoms with van der Waals surface area (Å²) in [5.41, 5.74) is 0.959. The molecule has 1 aromatic rings. The molecule has 0 aliphatic carbocycles. The molecular weight excluding hydrogens is 223 g/mol. The van der Waals surface area contributed by atoms with Crippen LogP contribution in [-0.2, 0) is 4.79 Å². The lowest BCUT2D eigenvalue weighted by molar-refractivity contribution is -0.163. The molecule has 0 aliphatic rings. The van der Waals surface area contributed by atoms with E-state index in [0.29, 0.717) is 11.4 Å². The van der Waals surface area contributed by atoms with Gasteiger partial charge in [0.25, 0.3) is 0 Å². The highest BCUT2D eigenvalue weighted by atomic mass is 19.4. The van der Waals surface area contributed by atoms with Gasteiger partial charge < -0.3 is 10.1 Å². The summed E-state index contributed by atoms with van der Waals surface area (Å²) in [7, 11) is 0. The number of H-pyrrole nitrogens is 1. The highest BCUT2D eigenvalue weighted by molar-refractivity contribution is 5.68. The molecular formula is C10H12F3NO2. The zero-order valence-electron chi connectivity index (χ0n) is 8.85. The molecule has 3 nitrogen and oxygen atoms in total. The zero-order valence-corrected chi connectivity index (χ0v) is 8.85. The van der Waals surface area contributed by atoms with Crippen LogP contribution >= 0.6 is 0 Å². The van der Waals surface area contributed by atoms with E-state index in [2.05, 4.69) is 4.98 Å². The van der Waals surface area contributed by atoms with Crippen LogP contribution in [0.5, 0.6) is 0 Å². The van der Waals surface area contributed by atoms with E-state index in [4.69, 9.17) is 5.11 Å². The highest BCUT2D eigenvalue weighted by Gasteiger charge is 2.43. The Morgan fingerprint density at radius 1 is 1.50 bits per heavy atom. The maximum Gasteiger partial charge on any atom is 0.396 e. The van der Waals surface area contributed by atoms with Crippen molar-refractivity contribution in [1.29, 1.82) is 0 Å². The maximum absolute atomic E-state index is 12.7. The van der Waals surface area contributed by atoms with Gasteiger partial charge in [-0.3, -0.25) is 4.79 Å². The van der Waals surface area contributed by atoms with Gasteiger partial charge in [0.05, 0.1) is 12.3 Å². The van der Waals surface area contributed by atoms with Gasteiger partial charge in [-0.05, 0) is 25.5 Å². The number of aromatic nitrogens is 1. The monoisotopic (exact) mass is 235 g/mol. The van der Waals surface area contributed by atoms with Gasteiger partial charge in [0.1, 0.15) is 0 Å². The molecule has 90 valence electrons. The van der Waals surface area contributed by atoms with Crippen LogP contribution in [0, 0.1) is 13.8 Å². The fourth-order valence-electron chi connectivity index (χ4n) is 1.68. The van der Waals surface area contributed by atoms with E-state index in [9.17, 15) is 18.0 Å². The molecule has 1 heterocycles. The quantitative estimate of drug-likeness (QED) is 0.846. The third kappa shape index (κ3) is 2.77. The number of rotatable bonds is 3. The number of carboxylic acid groups (broad SMARTS) is 1. The number of hydrogen-bond acceptors (Lipinski definition) is 1. The molecule has 2 N–H and O–H groups in total. The molecule has 0 spiro atoms. The molecule has 1 aromatic heterocycles. The second-order valence-corrected chi connectivity index (χ2v) is 3.72. The zero-order chi connectivity index (χ0) is 12.5. The fraction of sp³-hybridized carbons (Fsp3) is 0.500. The van der Waals surface area contributed by atoms with Crippen molar-refractivity contribution in [3.8, 4) is 0 Å². The Hall–Kier alpha value is -1.46. The van der Waals surface area contributed by atoms with Crippen LogP contribution in [-0.4, -0.2) is 22.2 Å². The molecule has 0 aliphatic heterocycles. The first-order valence-electron chi connectivity index (χ1n) is 4.66. The van der Waals surface area contributed by atoms with Crippen molar-refractivity contribution in [1.82, 2.24) is 4.98 Å². The Morgan fingerprint density at radius 3 is 2.38 bits per heavy atom. The van der Waals surface area contributed by atoms with E-state index in [1.807, 2.05) is 0 Å². The minimum Gasteiger partial charge on any atom is -0.481 e. The van der Waals surface area contributed by atoms with Gasteiger partial charge in [0.2, 0.25) is 0 Å². The molecule has 0 saturated heterocycles. The largest absolute Gasteiger partial charge is 0.481 e. The van der Waals surface area contributed by atoms with Crippen molar-refractivity contribution < 1.29 is 23.1 Å². The number of aromatic amines is 1. The topological polar surface area (TPSA) is 53.1 Å². The molecule has 1 rings (SSSR count). The smallest absolute Gasteiger partial charge is 0.396 e. The lowest BCUT2D eigenvalue weighted by atomic mass is 9.95. The molecule has 1 unspecified atom stereocenters. The number of nitrogens with one attached hydrogen (secondary N) is 1. The lowest BCUT2D eigenvalue weighted by Crippen LogP contribution is -2.23. The number of aryl methyl sites for hydroxylation is 2. The molecule has 0 bridgehead atoms. The van der Waals surface area contributed by atoms with Crippen LogP contribution in [0.1, 0.15) is 29.3 Å². The van der Waals surface area contributed by atoms with Crippen molar-refractivity contribution in [3.63, 3.8) is 0 Å². The number of hydrogen-bond donors (Lipinski definition) is 2. The Labute approximate surface area is 90.3 Å². The minimum atomic E-state index is -4.54. The van der Waals surface area contributed by atoms with E-state index in [0.717, 1.165) is 0 Å². The molecule has 1 atom stereocenters. The highest BCUT2D eigenvalue weighted by Crippen LogP contribution is 2.39. The molecule has 6 heteroatoms. The van der Waals surface area contributed by atoms with Crippen molar-refractivity contribution in [2.45, 2.75) is 32.4 Å². The summed E-state index contributed by atoms with van der Waals surface area (Å²) in [5.74, 6) is -3.41. The second kappa shape index (κ2) is 4.19. The Bertz CT molecular complexity index is 395. The summed E-state index contributed by atoms with van der Waals surface area (Å²) in [6, 6.07) is 1.34. The van der Waals surface area contributed by atoms with E-state index in [1.165, 1.54) is 13.0 Å². The van der Waals surface area contributed by atoms with Crippen LogP contribution in [0.25, 0.3) is 0 Å². The number of carbonyl (C=O) groups is 1. The van der Waals surface area contributed by atoms with Gasteiger partial charge in [-0.2, -0.15) is 13.2 Å². The molecule has 0 fully saturated rings. The predicted molar refractivity (Wildman–Crippen MR) is 51.3 cm³/mol. The average Bonchev–Trinajstić information content (AvgIpc) is 2.38. The lowest BCUT2D eigenvalue weighted by Gasteiger charge is -2.18. The van der Waals surface area contributed by atoms with Crippen LogP contribution in [0.2, 0.25) is 0 Å². The summed E-state index contributed by atoms with van der Waals surface area (Å²) in [5, 5.41) is 8.50. The normalized spacial score (nSPS) is 13.8. The van der Waals surface area contributed by atoms with Crippen molar-refractivity contribution in [2.75, 3.05) is 0 Å². The summed E-state index contributed by atoms with van der Waals surface area (Å²) >= 11 is 0. The van der Waals surface area contributed by atoms with Crippen LogP contribution < -0.4 is 0 Å². The maximum atomic E-state index is 12.7. The number of alkyl halides is 3. The fourth-order valence-corrected chi connectivity index (χ4v) is 1.68. The number of halogens is 3. The molecule has 0 aromatic carbocycles. The number of aliphatic carboxylic acids is 1. The van der Waals surface area contributed by atoms with Gasteiger partial charge in [-0.25, -0.2) is 0 Å². The van der Waals surface area contributed by atoms with Gasteiger partial charge in [-0.15, -0.1) is 0 Å². The standard InChI is InChI=1S/C10H12F3NO2/c1-5-3-7(6(2)14-5)8(4-9(15)16)10(11,12)13/h3,8,14H,4H2,1-2H3,(H,15,16). The summed E-state index contributed by atoms with van der Waals surface area (Å²) in [4.78, 5) is 13.2. The van der Waals surface area contributed by atoms with Gasteiger partial charge >= 0.3 is 12.1 Å². The molecule has 16 heavy (non-hydrogen) atoms. The van der Waals surface area contributed by atoms with Crippen LogP contribution in [0.15, 0.2) is 6.07 Å². The third-order valence-corrected chi connectivity index (χ3v) is 2.34. The van der Waals surface area contributed by atoms with Gasteiger partial charge in [0.15, 0.2) is 0 Å². The van der Waals surface area contributed by atoms with Crippen molar-refractivity contribution >= 4 is 5.97 Å². The van der Waals surface area contributed by atoms with E-state index in [-0.39, 0.29) is 5.56 Å². The summed E-state index contributed by atoms with van der Waals surface area (Å²) in [6.07, 6.45) is -5.49. The average molecular weight is 235 g/mol. The first-order valence-corrected chi connectivity index (χ1v) is 4.66. The summed E-state index contributed by atoms with van der Waals surface area (Å²) in [6.45, 7) is 3.13. The third-order valence-electron chi connectivity index (χ3n) is 2.34. The van der Waals surface area contributed by atoms with E-state index in [1.54, 1.807) is 6.92 Å². The van der Waals surface area contributed by atoms with Crippen LogP contribution in [0.4, 0.5) is 13.2 Å².